The van der Waals surface area contributed by atoms with Crippen LogP contribution in [0, 0.1) is 0 Å². The lowest BCUT2D eigenvalue weighted by Gasteiger charge is -2.08. The number of aromatic nitrogens is 2. The van der Waals surface area contributed by atoms with Gasteiger partial charge in [0.15, 0.2) is 6.61 Å². The number of anilines is 1. The number of carbonyl (C=O) groups excluding carboxylic acids is 1. The number of sulfonamides is 1. The number of hydrogen-bond donors (Lipinski definition) is 1. The van der Waals surface area contributed by atoms with E-state index in [-0.39, 0.29) is 23.0 Å². The fourth-order valence-electron chi connectivity index (χ4n) is 2.71. The molecule has 31 heavy (non-hydrogen) atoms. The molecule has 1 N–H and O–H groups in total. The maximum absolute atomic E-state index is 12.5. The number of hydrogen-bond acceptors (Lipinski definition) is 7. The van der Waals surface area contributed by atoms with Gasteiger partial charge in [-0.1, -0.05) is 36.4 Å². The Labute approximate surface area is 178 Å². The molecule has 4 aromatic rings. The van der Waals surface area contributed by atoms with E-state index in [1.54, 1.807) is 30.3 Å². The summed E-state index contributed by atoms with van der Waals surface area (Å²) in [5.74, 6) is -0.162. The zero-order valence-electron chi connectivity index (χ0n) is 16.1. The summed E-state index contributed by atoms with van der Waals surface area (Å²) in [5, 5.41) is 7.79. The molecule has 0 spiro atoms. The summed E-state index contributed by atoms with van der Waals surface area (Å²) in [6, 6.07) is 23.2. The SMILES string of the molecule is O=C(OCc1nnc(-c2ccccc2)o1)c1ccc(S(=O)(=O)Nc2ccccc2)cc1. The van der Waals surface area contributed by atoms with E-state index in [0.717, 1.165) is 5.56 Å². The van der Waals surface area contributed by atoms with Gasteiger partial charge < -0.3 is 9.15 Å². The van der Waals surface area contributed by atoms with Crippen LogP contribution >= 0.6 is 0 Å². The minimum atomic E-state index is -3.77. The Bertz CT molecular complexity index is 1270. The van der Waals surface area contributed by atoms with Gasteiger partial charge in [-0.2, -0.15) is 0 Å². The van der Waals surface area contributed by atoms with Crippen molar-refractivity contribution < 1.29 is 22.4 Å². The molecule has 0 aliphatic rings. The van der Waals surface area contributed by atoms with E-state index in [9.17, 15) is 13.2 Å². The predicted molar refractivity (Wildman–Crippen MR) is 113 cm³/mol. The zero-order chi connectivity index (χ0) is 21.7. The summed E-state index contributed by atoms with van der Waals surface area (Å²) >= 11 is 0. The third kappa shape index (κ3) is 4.96. The lowest BCUT2D eigenvalue weighted by atomic mass is 10.2. The third-order valence-electron chi connectivity index (χ3n) is 4.24. The topological polar surface area (TPSA) is 111 Å². The first-order chi connectivity index (χ1) is 15.0. The van der Waals surface area contributed by atoms with Crippen LogP contribution in [0.15, 0.2) is 94.2 Å². The van der Waals surface area contributed by atoms with E-state index in [1.807, 2.05) is 30.3 Å². The first-order valence-electron chi connectivity index (χ1n) is 9.24. The van der Waals surface area contributed by atoms with E-state index in [4.69, 9.17) is 9.15 Å². The summed E-state index contributed by atoms with van der Waals surface area (Å²) in [6.07, 6.45) is 0. The van der Waals surface area contributed by atoms with Gasteiger partial charge in [-0.15, -0.1) is 10.2 Å². The first-order valence-corrected chi connectivity index (χ1v) is 10.7. The molecule has 0 saturated heterocycles. The van der Waals surface area contributed by atoms with Crippen molar-refractivity contribution in [3.63, 3.8) is 0 Å². The van der Waals surface area contributed by atoms with Crippen molar-refractivity contribution in [3.8, 4) is 11.5 Å². The van der Waals surface area contributed by atoms with Crippen LogP contribution in [0.1, 0.15) is 16.2 Å². The lowest BCUT2D eigenvalue weighted by Crippen LogP contribution is -2.13. The fraction of sp³-hybridized carbons (Fsp3) is 0.0455. The van der Waals surface area contributed by atoms with E-state index < -0.39 is 16.0 Å². The summed E-state index contributed by atoms with van der Waals surface area (Å²) in [6.45, 7) is -0.200. The van der Waals surface area contributed by atoms with Crippen LogP contribution < -0.4 is 4.72 Å². The van der Waals surface area contributed by atoms with Crippen molar-refractivity contribution in [2.24, 2.45) is 0 Å². The second-order valence-corrected chi connectivity index (χ2v) is 8.12. The largest absolute Gasteiger partial charge is 0.452 e. The highest BCUT2D eigenvalue weighted by molar-refractivity contribution is 7.92. The Morgan fingerprint density at radius 3 is 2.19 bits per heavy atom. The smallest absolute Gasteiger partial charge is 0.338 e. The van der Waals surface area contributed by atoms with Crippen LogP contribution in [0.3, 0.4) is 0 Å². The number of ether oxygens (including phenoxy) is 1. The molecule has 1 aromatic heterocycles. The number of nitrogens with zero attached hydrogens (tertiary/aromatic N) is 2. The zero-order valence-corrected chi connectivity index (χ0v) is 17.0. The molecule has 0 bridgehead atoms. The van der Waals surface area contributed by atoms with Crippen molar-refractivity contribution in [3.05, 3.63) is 96.4 Å². The summed E-state index contributed by atoms with van der Waals surface area (Å²) in [4.78, 5) is 12.3. The molecule has 0 fully saturated rings. The Balaban J connectivity index is 1.38. The van der Waals surface area contributed by atoms with E-state index in [0.29, 0.717) is 11.6 Å². The maximum Gasteiger partial charge on any atom is 0.338 e. The van der Waals surface area contributed by atoms with Crippen LogP contribution in [0.25, 0.3) is 11.5 Å². The molecule has 9 heteroatoms. The molecule has 156 valence electrons. The highest BCUT2D eigenvalue weighted by atomic mass is 32.2. The molecule has 3 aromatic carbocycles. The number of para-hydroxylation sites is 1. The molecule has 0 radical (unpaired) electrons. The van der Waals surface area contributed by atoms with Gasteiger partial charge in [0, 0.05) is 11.3 Å². The lowest BCUT2D eigenvalue weighted by molar-refractivity contribution is 0.0438. The van der Waals surface area contributed by atoms with Gasteiger partial charge in [-0.3, -0.25) is 4.72 Å². The Morgan fingerprint density at radius 2 is 1.52 bits per heavy atom. The van der Waals surface area contributed by atoms with Gasteiger partial charge >= 0.3 is 5.97 Å². The second kappa shape index (κ2) is 8.80. The molecule has 8 nitrogen and oxygen atoms in total. The van der Waals surface area contributed by atoms with Crippen LogP contribution in [-0.4, -0.2) is 24.6 Å². The number of rotatable bonds is 7. The highest BCUT2D eigenvalue weighted by Gasteiger charge is 2.16. The standard InChI is InChI=1S/C22H17N3O5S/c26-22(29-15-20-23-24-21(30-20)16-7-3-1-4-8-16)17-11-13-19(14-12-17)31(27,28)25-18-9-5-2-6-10-18/h1-14,25H,15H2. The molecule has 0 aliphatic carbocycles. The highest BCUT2D eigenvalue weighted by Crippen LogP contribution is 2.19. The van der Waals surface area contributed by atoms with Gasteiger partial charge in [0.25, 0.3) is 15.9 Å². The minimum Gasteiger partial charge on any atom is -0.452 e. The predicted octanol–water partition coefficient (Wildman–Crippen LogP) is 3.89. The molecule has 0 atom stereocenters. The molecule has 1 heterocycles. The van der Waals surface area contributed by atoms with Crippen LogP contribution in [0.2, 0.25) is 0 Å². The quantitative estimate of drug-likeness (QED) is 0.438. The summed E-state index contributed by atoms with van der Waals surface area (Å²) in [5.41, 5.74) is 1.40. The molecule has 4 rings (SSSR count). The average Bonchev–Trinajstić information content (AvgIpc) is 3.28. The third-order valence-corrected chi connectivity index (χ3v) is 5.64. The van der Waals surface area contributed by atoms with Crippen molar-refractivity contribution in [1.82, 2.24) is 10.2 Å². The number of carbonyl (C=O) groups is 1. The molecular formula is C22H17N3O5S. The second-order valence-electron chi connectivity index (χ2n) is 6.44. The summed E-state index contributed by atoms with van der Waals surface area (Å²) in [7, 11) is -3.77. The van der Waals surface area contributed by atoms with Gasteiger partial charge in [0.05, 0.1) is 10.5 Å². The molecule has 0 unspecified atom stereocenters. The van der Waals surface area contributed by atoms with Gasteiger partial charge in [-0.05, 0) is 48.5 Å². The molecule has 0 aliphatic heterocycles. The van der Waals surface area contributed by atoms with Crippen molar-refractivity contribution >= 4 is 21.7 Å². The molecular weight excluding hydrogens is 418 g/mol. The van der Waals surface area contributed by atoms with Gasteiger partial charge in [0.1, 0.15) is 0 Å². The minimum absolute atomic E-state index is 0.0253. The molecule has 0 amide bonds. The Kier molecular flexibility index (Phi) is 5.76. The van der Waals surface area contributed by atoms with E-state index >= 15 is 0 Å². The Morgan fingerprint density at radius 1 is 0.871 bits per heavy atom. The monoisotopic (exact) mass is 435 g/mol. The Hall–Kier alpha value is -3.98. The maximum atomic E-state index is 12.5. The average molecular weight is 435 g/mol. The number of nitrogens with one attached hydrogen (secondary N) is 1. The van der Waals surface area contributed by atoms with Crippen LogP contribution in [0.5, 0.6) is 0 Å². The first kappa shape index (κ1) is 20.3. The number of esters is 1. The van der Waals surface area contributed by atoms with Gasteiger partial charge in [0.2, 0.25) is 5.89 Å². The van der Waals surface area contributed by atoms with Gasteiger partial charge in [-0.25, -0.2) is 13.2 Å². The van der Waals surface area contributed by atoms with Crippen molar-refractivity contribution in [2.45, 2.75) is 11.5 Å². The normalized spacial score (nSPS) is 11.1. The van der Waals surface area contributed by atoms with E-state index in [2.05, 4.69) is 14.9 Å². The van der Waals surface area contributed by atoms with Crippen molar-refractivity contribution in [2.75, 3.05) is 4.72 Å². The fourth-order valence-corrected chi connectivity index (χ4v) is 3.77. The van der Waals surface area contributed by atoms with Crippen LogP contribution in [-0.2, 0) is 21.4 Å². The number of benzene rings is 3. The van der Waals surface area contributed by atoms with E-state index in [1.165, 1.54) is 24.3 Å². The van der Waals surface area contributed by atoms with Crippen molar-refractivity contribution in [1.29, 1.82) is 0 Å². The van der Waals surface area contributed by atoms with Crippen LogP contribution in [0.4, 0.5) is 5.69 Å². The molecule has 0 saturated carbocycles. The summed E-state index contributed by atoms with van der Waals surface area (Å²) < 4.78 is 38.1.